The average Bonchev–Trinajstić information content (AvgIpc) is 4.22. The number of benzene rings is 2. The lowest BCUT2D eigenvalue weighted by molar-refractivity contribution is -0.129. The number of hydrogen-bond acceptors (Lipinski definition) is 11. The van der Waals surface area contributed by atoms with Gasteiger partial charge in [-0.1, -0.05) is 11.6 Å². The summed E-state index contributed by atoms with van der Waals surface area (Å²) in [7, 11) is 1.97. The van der Waals surface area contributed by atoms with Gasteiger partial charge in [-0.3, -0.25) is 19.1 Å². The molecule has 8 heterocycles. The number of anilines is 5. The Bertz CT molecular complexity index is 2990. The fraction of sp³-hybridized carbons (Fsp3) is 0.600. The lowest BCUT2D eigenvalue weighted by Crippen LogP contribution is -2.48. The molecule has 14 nitrogen and oxygen atoms in total. The van der Waals surface area contributed by atoms with Gasteiger partial charge < -0.3 is 24.5 Å². The lowest BCUT2D eigenvalue weighted by atomic mass is 9.66. The van der Waals surface area contributed by atoms with Gasteiger partial charge in [-0.25, -0.2) is 0 Å². The van der Waals surface area contributed by atoms with Crippen molar-refractivity contribution in [1.29, 1.82) is 5.26 Å². The zero-order valence-corrected chi connectivity index (χ0v) is 46.4. The smallest absolute Gasteiger partial charge is 0.316 e. The Hall–Kier alpha value is -5.79. The molecule has 0 radical (unpaired) electrons. The van der Waals surface area contributed by atoms with Crippen LogP contribution >= 0.6 is 11.6 Å². The second-order valence-corrected chi connectivity index (χ2v) is 24.8. The van der Waals surface area contributed by atoms with Crippen molar-refractivity contribution in [2.75, 3.05) is 72.0 Å². The molecule has 7 aliphatic rings. The van der Waals surface area contributed by atoms with Crippen LogP contribution in [0.25, 0.3) is 11.1 Å². The highest BCUT2D eigenvalue weighted by molar-refractivity contribution is 6.32. The van der Waals surface area contributed by atoms with Gasteiger partial charge in [0.25, 0.3) is 0 Å². The van der Waals surface area contributed by atoms with E-state index in [1.807, 2.05) is 47.1 Å². The molecule has 17 heteroatoms. The largest absolute Gasteiger partial charge is 0.368 e. The molecule has 2 aromatic carbocycles. The fourth-order valence-corrected chi connectivity index (χ4v) is 15.5. The Kier molecular flexibility index (Phi) is 14.2. The number of halogens is 3. The molecule has 1 amide bonds. The number of alkyl halides is 2. The van der Waals surface area contributed by atoms with E-state index in [0.717, 1.165) is 165 Å². The van der Waals surface area contributed by atoms with Gasteiger partial charge in [0.05, 0.1) is 29.4 Å². The van der Waals surface area contributed by atoms with Gasteiger partial charge >= 0.3 is 6.55 Å². The van der Waals surface area contributed by atoms with E-state index in [9.17, 15) is 18.8 Å². The van der Waals surface area contributed by atoms with E-state index in [1.165, 1.54) is 51.4 Å². The maximum atomic E-state index is 15.0. The summed E-state index contributed by atoms with van der Waals surface area (Å²) in [4.78, 5) is 25.8. The number of piperidine rings is 2. The molecule has 5 aromatic rings. The summed E-state index contributed by atoms with van der Waals surface area (Å²) in [6.45, 7) is 11.7. The Morgan fingerprint density at radius 1 is 0.909 bits per heavy atom. The standard InChI is InChI=1S/C60H76ClF2N13O/c1-40-30-54-44(31-50(40)46-35-65-69(4)37-46)6-5-24-73(54)57-51-38-72(42(3)77)25-17-53(51)76(68-57)48-10-7-43(8-11-48)36-70-26-20-59(21-27-70)18-15-47(16-19-59)75(58(62)63)56-14-13-55(66-67-56)71-28-22-60(23-29-71)33-41(2)74(39-60)49-12-9-45(34-64)52(61)32-49/h9,12-14,30-32,35,37,41,43,47-48,58H,5-8,10-11,15-29,33,36,38-39H2,1-4H3/t41-,43?,48?/m0/s1. The van der Waals surface area contributed by atoms with Gasteiger partial charge in [-0.15, -0.1) is 10.2 Å². The maximum absolute atomic E-state index is 15.0. The minimum atomic E-state index is -2.64. The summed E-state index contributed by atoms with van der Waals surface area (Å²) in [5, 5.41) is 28.9. The summed E-state index contributed by atoms with van der Waals surface area (Å²) >= 11 is 6.41. The molecule has 0 N–H and O–H groups in total. The summed E-state index contributed by atoms with van der Waals surface area (Å²) in [6, 6.07) is 16.7. The Balaban J connectivity index is 0.628. The van der Waals surface area contributed by atoms with Crippen LogP contribution in [0.15, 0.2) is 54.9 Å². The molecule has 2 saturated carbocycles. The van der Waals surface area contributed by atoms with Crippen molar-refractivity contribution in [2.45, 2.75) is 155 Å². The number of nitrogens with zero attached hydrogens (tertiary/aromatic N) is 13. The molecule has 2 aliphatic carbocycles. The van der Waals surface area contributed by atoms with E-state index in [2.05, 4.69) is 77.8 Å². The number of fused-ring (bicyclic) bond motifs is 2. The second kappa shape index (κ2) is 21.1. The summed E-state index contributed by atoms with van der Waals surface area (Å²) < 4.78 is 34.2. The Labute approximate surface area is 458 Å². The third-order valence-electron chi connectivity index (χ3n) is 19.8. The van der Waals surface area contributed by atoms with Crippen LogP contribution in [0.5, 0.6) is 0 Å². The highest BCUT2D eigenvalue weighted by atomic mass is 35.5. The van der Waals surface area contributed by atoms with Crippen molar-refractivity contribution in [1.82, 2.24) is 39.6 Å². The molecular weight excluding hydrogens is 992 g/mol. The minimum absolute atomic E-state index is 0.123. The SMILES string of the molecule is CC(=O)N1CCc2c(c(N3CCCc4cc(-c5cnn(C)c5)c(C)cc43)nn2C2CCC(CN3CCC4(CCC(N(c5ccc(N6CCC7(CC6)C[C@H](C)N(c6ccc(C#N)c(Cl)c6)C7)nn5)C(F)F)CC4)CC3)CC2)C1. The first kappa shape index (κ1) is 51.9. The third kappa shape index (κ3) is 10.2. The molecule has 408 valence electrons. The van der Waals surface area contributed by atoms with Crippen LogP contribution in [0.3, 0.4) is 0 Å². The van der Waals surface area contributed by atoms with Crippen molar-refractivity contribution in [3.8, 4) is 17.2 Å². The number of carbonyl (C=O) groups excluding carboxylic acids is 1. The number of aryl methyl sites for hydroxylation is 3. The Morgan fingerprint density at radius 3 is 2.35 bits per heavy atom. The predicted molar refractivity (Wildman–Crippen MR) is 299 cm³/mol. The summed E-state index contributed by atoms with van der Waals surface area (Å²) in [6.07, 6.45) is 20.4. The molecule has 12 rings (SSSR count). The number of amides is 1. The number of nitriles is 1. The van der Waals surface area contributed by atoms with Gasteiger partial charge in [0, 0.05) is 106 Å². The number of aromatic nitrogens is 6. The van der Waals surface area contributed by atoms with Gasteiger partial charge in [0.1, 0.15) is 6.07 Å². The third-order valence-corrected chi connectivity index (χ3v) is 20.1. The average molecular weight is 1070 g/mol. The molecule has 5 fully saturated rings. The molecule has 2 spiro atoms. The molecule has 1 atom stereocenters. The van der Waals surface area contributed by atoms with Crippen LogP contribution in [0.2, 0.25) is 5.02 Å². The van der Waals surface area contributed by atoms with E-state index in [0.29, 0.717) is 35.1 Å². The Morgan fingerprint density at radius 2 is 1.68 bits per heavy atom. The zero-order chi connectivity index (χ0) is 53.2. The van der Waals surface area contributed by atoms with Crippen LogP contribution in [-0.4, -0.2) is 116 Å². The van der Waals surface area contributed by atoms with Crippen molar-refractivity contribution >= 4 is 46.3 Å². The normalized spacial score (nSPS) is 23.6. The van der Waals surface area contributed by atoms with Crippen molar-refractivity contribution < 1.29 is 13.6 Å². The molecule has 0 bridgehead atoms. The molecule has 3 aromatic heterocycles. The molecule has 0 unspecified atom stereocenters. The van der Waals surface area contributed by atoms with Gasteiger partial charge in [-0.05, 0) is 199 Å². The number of carbonyl (C=O) groups is 1. The van der Waals surface area contributed by atoms with E-state index < -0.39 is 6.55 Å². The van der Waals surface area contributed by atoms with Gasteiger partial charge in [0.2, 0.25) is 5.91 Å². The fourth-order valence-electron chi connectivity index (χ4n) is 15.3. The van der Waals surface area contributed by atoms with Crippen molar-refractivity contribution in [2.24, 2.45) is 23.8 Å². The molecular formula is C60H76ClF2N13O. The summed E-state index contributed by atoms with van der Waals surface area (Å²) in [5.74, 6) is 2.84. The van der Waals surface area contributed by atoms with Crippen LogP contribution in [0, 0.1) is 35.0 Å². The monoisotopic (exact) mass is 1070 g/mol. The van der Waals surface area contributed by atoms with Gasteiger partial charge in [0.15, 0.2) is 17.5 Å². The van der Waals surface area contributed by atoms with Crippen LogP contribution in [0.1, 0.15) is 138 Å². The predicted octanol–water partition coefficient (Wildman–Crippen LogP) is 11.3. The van der Waals surface area contributed by atoms with Crippen molar-refractivity contribution in [3.05, 3.63) is 87.8 Å². The molecule has 77 heavy (non-hydrogen) atoms. The first-order valence-electron chi connectivity index (χ1n) is 28.8. The maximum Gasteiger partial charge on any atom is 0.316 e. The number of likely N-dealkylation sites (tertiary alicyclic amines) is 1. The van der Waals surface area contributed by atoms with E-state index in [1.54, 1.807) is 13.0 Å². The van der Waals surface area contributed by atoms with Gasteiger partial charge in [-0.2, -0.15) is 24.2 Å². The first-order chi connectivity index (χ1) is 37.2. The molecule has 3 saturated heterocycles. The van der Waals surface area contributed by atoms with Crippen LogP contribution < -0.4 is 19.6 Å². The summed E-state index contributed by atoms with van der Waals surface area (Å²) in [5.41, 5.74) is 10.7. The second-order valence-electron chi connectivity index (χ2n) is 24.4. The van der Waals surface area contributed by atoms with E-state index >= 15 is 0 Å². The topological polar surface area (TPSA) is 122 Å². The van der Waals surface area contributed by atoms with Crippen LogP contribution in [-0.2, 0) is 31.2 Å². The highest BCUT2D eigenvalue weighted by Gasteiger charge is 2.46. The number of rotatable bonds is 10. The lowest BCUT2D eigenvalue weighted by Gasteiger charge is -2.48. The van der Waals surface area contributed by atoms with Crippen molar-refractivity contribution in [3.63, 3.8) is 0 Å². The van der Waals surface area contributed by atoms with E-state index in [-0.39, 0.29) is 28.6 Å². The minimum Gasteiger partial charge on any atom is -0.368 e. The number of hydrogen-bond donors (Lipinski definition) is 0. The van der Waals surface area contributed by atoms with Crippen LogP contribution in [0.4, 0.5) is 37.6 Å². The zero-order valence-electron chi connectivity index (χ0n) is 45.6. The quantitative estimate of drug-likeness (QED) is 0.124. The van der Waals surface area contributed by atoms with E-state index in [4.69, 9.17) is 16.7 Å². The molecule has 5 aliphatic heterocycles. The first-order valence-corrected chi connectivity index (χ1v) is 29.2. The highest BCUT2D eigenvalue weighted by Crippen LogP contribution is 2.49.